The number of aromatic amines is 1. The number of nitrogens with one attached hydrogen (secondary N) is 2. The highest BCUT2D eigenvalue weighted by Gasteiger charge is 2.13. The summed E-state index contributed by atoms with van der Waals surface area (Å²) in [5.41, 5.74) is 4.40. The Kier molecular flexibility index (Phi) is 4.66. The van der Waals surface area contributed by atoms with E-state index in [0.29, 0.717) is 11.3 Å². The maximum atomic E-state index is 5.45. The highest BCUT2D eigenvalue weighted by Crippen LogP contribution is 2.25. The number of benzene rings is 2. The standard InChI is InChI=1S/C18H20N4OS/c1-12-7-6-8-13(2)17(12)19-11-16-20-21-18(24)22(16)14-9-4-5-10-15(14)23-3/h4-10,19H,11H2,1-3H3,(H,21,24). The Morgan fingerprint density at radius 3 is 2.54 bits per heavy atom. The zero-order valence-corrected chi connectivity index (χ0v) is 14.8. The predicted molar refractivity (Wildman–Crippen MR) is 98.5 cm³/mol. The summed E-state index contributed by atoms with van der Waals surface area (Å²) in [5, 5.41) is 10.7. The first kappa shape index (κ1) is 16.3. The molecule has 0 bridgehead atoms. The lowest BCUT2D eigenvalue weighted by molar-refractivity contribution is 0.412. The van der Waals surface area contributed by atoms with Crippen LogP contribution in [0.5, 0.6) is 5.75 Å². The van der Waals surface area contributed by atoms with Crippen LogP contribution in [0, 0.1) is 18.6 Å². The third-order valence-electron chi connectivity index (χ3n) is 3.97. The molecule has 3 aromatic rings. The molecule has 0 saturated carbocycles. The minimum Gasteiger partial charge on any atom is -0.495 e. The summed E-state index contributed by atoms with van der Waals surface area (Å²) in [6.07, 6.45) is 0. The number of H-pyrrole nitrogens is 1. The number of aromatic nitrogens is 3. The molecule has 5 nitrogen and oxygen atoms in total. The first-order valence-electron chi connectivity index (χ1n) is 7.71. The summed E-state index contributed by atoms with van der Waals surface area (Å²) in [6.45, 7) is 4.73. The predicted octanol–water partition coefficient (Wildman–Crippen LogP) is 4.17. The third-order valence-corrected chi connectivity index (χ3v) is 4.25. The van der Waals surface area contributed by atoms with Gasteiger partial charge in [0.25, 0.3) is 0 Å². The molecule has 6 heteroatoms. The lowest BCUT2D eigenvalue weighted by Crippen LogP contribution is -2.10. The second kappa shape index (κ2) is 6.88. The Labute approximate surface area is 146 Å². The summed E-state index contributed by atoms with van der Waals surface area (Å²) in [6, 6.07) is 14.0. The summed E-state index contributed by atoms with van der Waals surface area (Å²) < 4.78 is 7.89. The molecule has 0 aliphatic rings. The van der Waals surface area contributed by atoms with Gasteiger partial charge >= 0.3 is 0 Å². The molecule has 0 unspecified atom stereocenters. The van der Waals surface area contributed by atoms with Crippen LogP contribution in [0.4, 0.5) is 5.69 Å². The molecule has 0 atom stereocenters. The summed E-state index contributed by atoms with van der Waals surface area (Å²) in [7, 11) is 1.65. The maximum absolute atomic E-state index is 5.45. The molecule has 0 radical (unpaired) electrons. The van der Waals surface area contributed by atoms with Gasteiger partial charge in [0.15, 0.2) is 10.6 Å². The van der Waals surface area contributed by atoms with Crippen molar-refractivity contribution in [1.82, 2.24) is 14.8 Å². The fourth-order valence-corrected chi connectivity index (χ4v) is 3.02. The van der Waals surface area contributed by atoms with Crippen molar-refractivity contribution in [1.29, 1.82) is 0 Å². The lowest BCUT2D eigenvalue weighted by Gasteiger charge is -2.14. The van der Waals surface area contributed by atoms with Crippen molar-refractivity contribution in [3.63, 3.8) is 0 Å². The van der Waals surface area contributed by atoms with E-state index in [2.05, 4.69) is 47.6 Å². The van der Waals surface area contributed by atoms with Gasteiger partial charge in [-0.1, -0.05) is 30.3 Å². The Morgan fingerprint density at radius 1 is 1.12 bits per heavy atom. The average Bonchev–Trinajstić information content (AvgIpc) is 2.95. The number of para-hydroxylation sites is 3. The van der Waals surface area contributed by atoms with Gasteiger partial charge in [-0.05, 0) is 49.3 Å². The smallest absolute Gasteiger partial charge is 0.200 e. The van der Waals surface area contributed by atoms with Crippen molar-refractivity contribution in [2.75, 3.05) is 12.4 Å². The van der Waals surface area contributed by atoms with Gasteiger partial charge in [-0.3, -0.25) is 9.67 Å². The van der Waals surface area contributed by atoms with Crippen LogP contribution in [0.2, 0.25) is 0 Å². The molecular weight excluding hydrogens is 320 g/mol. The van der Waals surface area contributed by atoms with E-state index in [-0.39, 0.29) is 0 Å². The third kappa shape index (κ3) is 3.05. The van der Waals surface area contributed by atoms with Gasteiger partial charge in [-0.25, -0.2) is 0 Å². The molecule has 2 aromatic carbocycles. The number of hydrogen-bond acceptors (Lipinski definition) is 4. The van der Waals surface area contributed by atoms with E-state index in [1.807, 2.05) is 28.8 Å². The molecule has 3 rings (SSSR count). The lowest BCUT2D eigenvalue weighted by atomic mass is 10.1. The molecular formula is C18H20N4OS. The second-order valence-electron chi connectivity index (χ2n) is 5.57. The Morgan fingerprint density at radius 2 is 1.83 bits per heavy atom. The average molecular weight is 340 g/mol. The monoisotopic (exact) mass is 340 g/mol. The van der Waals surface area contributed by atoms with Gasteiger partial charge in [0, 0.05) is 5.69 Å². The number of methoxy groups -OCH3 is 1. The SMILES string of the molecule is COc1ccccc1-n1c(CNc2c(C)cccc2C)n[nH]c1=S. The van der Waals surface area contributed by atoms with Crippen LogP contribution in [0.15, 0.2) is 42.5 Å². The molecule has 0 aliphatic carbocycles. The molecule has 24 heavy (non-hydrogen) atoms. The first-order chi connectivity index (χ1) is 11.6. The van der Waals surface area contributed by atoms with Crippen LogP contribution in [-0.4, -0.2) is 21.9 Å². The fraction of sp³-hybridized carbons (Fsp3) is 0.222. The summed E-state index contributed by atoms with van der Waals surface area (Å²) in [4.78, 5) is 0. The van der Waals surface area contributed by atoms with Gasteiger partial charge in [0.2, 0.25) is 0 Å². The topological polar surface area (TPSA) is 54.9 Å². The van der Waals surface area contributed by atoms with Crippen LogP contribution < -0.4 is 10.1 Å². The van der Waals surface area contributed by atoms with Crippen LogP contribution in [0.3, 0.4) is 0 Å². The molecule has 0 fully saturated rings. The zero-order chi connectivity index (χ0) is 17.1. The van der Waals surface area contributed by atoms with Crippen molar-refractivity contribution < 1.29 is 4.74 Å². The molecule has 0 aliphatic heterocycles. The molecule has 2 N–H and O–H groups in total. The van der Waals surface area contributed by atoms with Crippen LogP contribution >= 0.6 is 12.2 Å². The van der Waals surface area contributed by atoms with Gasteiger partial charge in [-0.2, -0.15) is 5.10 Å². The molecule has 1 aromatic heterocycles. The molecule has 1 heterocycles. The largest absolute Gasteiger partial charge is 0.495 e. The number of anilines is 1. The van der Waals surface area contributed by atoms with Gasteiger partial charge in [0.05, 0.1) is 19.3 Å². The first-order valence-corrected chi connectivity index (χ1v) is 8.12. The summed E-state index contributed by atoms with van der Waals surface area (Å²) in [5.74, 6) is 1.55. The van der Waals surface area contributed by atoms with Crippen molar-refractivity contribution in [3.8, 4) is 11.4 Å². The molecule has 0 amide bonds. The van der Waals surface area contributed by atoms with Crippen molar-refractivity contribution >= 4 is 17.9 Å². The molecule has 0 spiro atoms. The van der Waals surface area contributed by atoms with E-state index in [1.165, 1.54) is 11.1 Å². The quantitative estimate of drug-likeness (QED) is 0.685. The van der Waals surface area contributed by atoms with E-state index >= 15 is 0 Å². The Hall–Kier alpha value is -2.60. The minimum absolute atomic E-state index is 0.540. The highest BCUT2D eigenvalue weighted by molar-refractivity contribution is 7.71. The normalized spacial score (nSPS) is 10.6. The second-order valence-corrected chi connectivity index (χ2v) is 5.96. The van der Waals surface area contributed by atoms with Crippen molar-refractivity contribution in [2.24, 2.45) is 0 Å². The Balaban J connectivity index is 1.95. The van der Waals surface area contributed by atoms with Gasteiger partial charge in [0.1, 0.15) is 5.75 Å². The van der Waals surface area contributed by atoms with Gasteiger partial charge < -0.3 is 10.1 Å². The minimum atomic E-state index is 0.540. The maximum Gasteiger partial charge on any atom is 0.200 e. The van der Waals surface area contributed by atoms with E-state index in [1.54, 1.807) is 7.11 Å². The van der Waals surface area contributed by atoms with Gasteiger partial charge in [-0.15, -0.1) is 0 Å². The molecule has 0 saturated heterocycles. The van der Waals surface area contributed by atoms with E-state index in [4.69, 9.17) is 17.0 Å². The molecule has 124 valence electrons. The van der Waals surface area contributed by atoms with Crippen LogP contribution in [0.25, 0.3) is 5.69 Å². The van der Waals surface area contributed by atoms with E-state index in [9.17, 15) is 0 Å². The van der Waals surface area contributed by atoms with E-state index < -0.39 is 0 Å². The number of aryl methyl sites for hydroxylation is 2. The number of hydrogen-bond donors (Lipinski definition) is 2. The van der Waals surface area contributed by atoms with E-state index in [0.717, 1.165) is 22.9 Å². The van der Waals surface area contributed by atoms with Crippen LogP contribution in [0.1, 0.15) is 17.0 Å². The van der Waals surface area contributed by atoms with Crippen molar-refractivity contribution in [2.45, 2.75) is 20.4 Å². The number of rotatable bonds is 5. The fourth-order valence-electron chi connectivity index (χ4n) is 2.77. The number of ether oxygens (including phenoxy) is 1. The Bertz CT molecular complexity index is 893. The number of nitrogens with zero attached hydrogens (tertiary/aromatic N) is 2. The van der Waals surface area contributed by atoms with Crippen LogP contribution in [-0.2, 0) is 6.54 Å². The van der Waals surface area contributed by atoms with Crippen molar-refractivity contribution in [3.05, 3.63) is 64.2 Å². The zero-order valence-electron chi connectivity index (χ0n) is 14.0. The highest BCUT2D eigenvalue weighted by atomic mass is 32.1. The summed E-state index contributed by atoms with van der Waals surface area (Å²) >= 11 is 5.41.